The van der Waals surface area contributed by atoms with Gasteiger partial charge in [-0.3, -0.25) is 4.57 Å². The van der Waals surface area contributed by atoms with E-state index in [2.05, 4.69) is 5.32 Å². The molecule has 120 valence electrons. The van der Waals surface area contributed by atoms with Gasteiger partial charge >= 0.3 is 13.7 Å². The highest BCUT2D eigenvalue weighted by Crippen LogP contribution is 2.49. The number of carbonyl (C=O) groups excluding carboxylic acids is 1. The Kier molecular flexibility index (Phi) is 4.03. The molecular formula is C13H23N2O5P. The Morgan fingerprint density at radius 2 is 1.81 bits per heavy atom. The summed E-state index contributed by atoms with van der Waals surface area (Å²) in [5.41, 5.74) is -0.886. The maximum atomic E-state index is 12.2. The summed E-state index contributed by atoms with van der Waals surface area (Å²) in [6.07, 6.45) is 3.69. The van der Waals surface area contributed by atoms with Gasteiger partial charge in [0.05, 0.1) is 12.2 Å². The SMILES string of the molecule is O=C1OC2(CCNCC2)CN1[C@H]1CC[C@@H](P(=O)(O)O)CC1. The third kappa shape index (κ3) is 3.11. The molecule has 1 amide bonds. The minimum Gasteiger partial charge on any atom is -0.441 e. The molecule has 21 heavy (non-hydrogen) atoms. The lowest BCUT2D eigenvalue weighted by atomic mass is 9.90. The van der Waals surface area contributed by atoms with E-state index in [1.54, 1.807) is 4.90 Å². The first-order valence-corrected chi connectivity index (χ1v) is 9.33. The van der Waals surface area contributed by atoms with Gasteiger partial charge in [-0.2, -0.15) is 0 Å². The number of nitrogens with one attached hydrogen (secondary N) is 1. The lowest BCUT2D eigenvalue weighted by Crippen LogP contribution is -2.46. The number of rotatable bonds is 2. The van der Waals surface area contributed by atoms with Crippen molar-refractivity contribution >= 4 is 13.7 Å². The van der Waals surface area contributed by atoms with E-state index in [-0.39, 0.29) is 17.7 Å². The van der Waals surface area contributed by atoms with Crippen LogP contribution in [0, 0.1) is 0 Å². The van der Waals surface area contributed by atoms with E-state index < -0.39 is 13.3 Å². The molecule has 2 aliphatic heterocycles. The number of carbonyl (C=O) groups is 1. The summed E-state index contributed by atoms with van der Waals surface area (Å²) in [4.78, 5) is 32.4. The van der Waals surface area contributed by atoms with Crippen LogP contribution in [0.3, 0.4) is 0 Å². The summed E-state index contributed by atoms with van der Waals surface area (Å²) in [6, 6.07) is 0.0644. The molecule has 0 aromatic rings. The number of piperidine rings is 1. The number of ether oxygens (including phenoxy) is 1. The Morgan fingerprint density at radius 3 is 2.38 bits per heavy atom. The largest absolute Gasteiger partial charge is 0.441 e. The van der Waals surface area contributed by atoms with Crippen molar-refractivity contribution in [2.24, 2.45) is 0 Å². The number of hydrogen-bond acceptors (Lipinski definition) is 4. The molecule has 0 aromatic heterocycles. The fourth-order valence-corrected chi connectivity index (χ4v) is 4.75. The van der Waals surface area contributed by atoms with Crippen LogP contribution in [0.4, 0.5) is 4.79 Å². The number of hydrogen-bond donors (Lipinski definition) is 3. The van der Waals surface area contributed by atoms with Gasteiger partial charge in [0.25, 0.3) is 0 Å². The van der Waals surface area contributed by atoms with Crippen molar-refractivity contribution in [1.29, 1.82) is 0 Å². The van der Waals surface area contributed by atoms with E-state index in [1.165, 1.54) is 0 Å². The summed E-state index contributed by atoms with van der Waals surface area (Å²) < 4.78 is 16.9. The van der Waals surface area contributed by atoms with Crippen LogP contribution in [0.25, 0.3) is 0 Å². The van der Waals surface area contributed by atoms with Crippen molar-refractivity contribution in [3.8, 4) is 0 Å². The highest BCUT2D eigenvalue weighted by atomic mass is 31.2. The normalized spacial score (nSPS) is 33.2. The summed E-state index contributed by atoms with van der Waals surface area (Å²) in [5.74, 6) is 0. The Labute approximate surface area is 124 Å². The van der Waals surface area contributed by atoms with Crippen LogP contribution in [-0.2, 0) is 9.30 Å². The first-order chi connectivity index (χ1) is 9.90. The summed E-state index contributed by atoms with van der Waals surface area (Å²) in [5, 5.41) is 3.27. The molecule has 0 bridgehead atoms. The maximum Gasteiger partial charge on any atom is 0.410 e. The van der Waals surface area contributed by atoms with Gasteiger partial charge < -0.3 is 24.7 Å². The van der Waals surface area contributed by atoms with Gasteiger partial charge in [-0.25, -0.2) is 4.79 Å². The molecule has 0 atom stereocenters. The molecule has 1 spiro atoms. The van der Waals surface area contributed by atoms with E-state index in [0.29, 0.717) is 32.2 Å². The van der Waals surface area contributed by atoms with Crippen molar-refractivity contribution in [3.63, 3.8) is 0 Å². The van der Waals surface area contributed by atoms with Crippen LogP contribution >= 0.6 is 7.60 Å². The lowest BCUT2D eigenvalue weighted by Gasteiger charge is -2.35. The predicted octanol–water partition coefficient (Wildman–Crippen LogP) is 1.05. The van der Waals surface area contributed by atoms with Gasteiger partial charge in [0.15, 0.2) is 0 Å². The second-order valence-corrected chi connectivity index (χ2v) is 8.39. The molecule has 0 aromatic carbocycles. The Morgan fingerprint density at radius 1 is 1.19 bits per heavy atom. The van der Waals surface area contributed by atoms with Crippen LogP contribution in [0.15, 0.2) is 0 Å². The monoisotopic (exact) mass is 318 g/mol. The quantitative estimate of drug-likeness (QED) is 0.658. The number of nitrogens with zero attached hydrogens (tertiary/aromatic N) is 1. The molecule has 0 radical (unpaired) electrons. The van der Waals surface area contributed by atoms with Crippen LogP contribution in [0.2, 0.25) is 0 Å². The zero-order chi connectivity index (χ0) is 15.1. The maximum absolute atomic E-state index is 12.2. The van der Waals surface area contributed by atoms with Crippen molar-refractivity contribution in [1.82, 2.24) is 10.2 Å². The first-order valence-electron chi connectivity index (χ1n) is 7.65. The average molecular weight is 318 g/mol. The third-order valence-electron chi connectivity index (χ3n) is 5.09. The summed E-state index contributed by atoms with van der Waals surface area (Å²) >= 11 is 0. The Hall–Kier alpha value is -0.620. The minimum absolute atomic E-state index is 0.0644. The summed E-state index contributed by atoms with van der Waals surface area (Å²) in [7, 11) is -3.99. The summed E-state index contributed by atoms with van der Waals surface area (Å²) in [6.45, 7) is 2.36. The zero-order valence-electron chi connectivity index (χ0n) is 12.0. The van der Waals surface area contributed by atoms with Crippen LogP contribution in [0.1, 0.15) is 38.5 Å². The molecule has 3 aliphatic rings. The second kappa shape index (κ2) is 5.54. The molecule has 7 nitrogen and oxygen atoms in total. The topological polar surface area (TPSA) is 99.1 Å². The van der Waals surface area contributed by atoms with Gasteiger partial charge in [0.2, 0.25) is 0 Å². The Bertz CT molecular complexity index is 451. The Balaban J connectivity index is 1.61. The molecule has 3 N–H and O–H groups in total. The number of amides is 1. The highest BCUT2D eigenvalue weighted by molar-refractivity contribution is 7.52. The van der Waals surface area contributed by atoms with E-state index in [9.17, 15) is 19.1 Å². The third-order valence-corrected chi connectivity index (χ3v) is 6.56. The van der Waals surface area contributed by atoms with Crippen molar-refractivity contribution in [3.05, 3.63) is 0 Å². The standard InChI is InChI=1S/C13H23N2O5P/c16-12-15(9-13(20-12)5-7-14-8-6-13)10-1-3-11(4-2-10)21(17,18)19/h10-11,14H,1-9H2,(H2,17,18,19)/t10-,11+. The average Bonchev–Trinajstić information content (AvgIpc) is 2.75. The first kappa shape index (κ1) is 15.3. The van der Waals surface area contributed by atoms with Gasteiger partial charge in [-0.15, -0.1) is 0 Å². The zero-order valence-corrected chi connectivity index (χ0v) is 12.9. The fraction of sp³-hybridized carbons (Fsp3) is 0.923. The molecule has 0 unspecified atom stereocenters. The van der Waals surface area contributed by atoms with Crippen LogP contribution < -0.4 is 5.32 Å². The van der Waals surface area contributed by atoms with E-state index in [1.807, 2.05) is 0 Å². The van der Waals surface area contributed by atoms with Crippen LogP contribution in [0.5, 0.6) is 0 Å². The molecule has 1 aliphatic carbocycles. The molecule has 2 saturated heterocycles. The fourth-order valence-electron chi connectivity index (χ4n) is 3.78. The molecule has 2 heterocycles. The van der Waals surface area contributed by atoms with E-state index in [0.717, 1.165) is 25.9 Å². The lowest BCUT2D eigenvalue weighted by molar-refractivity contribution is 0.0316. The molecule has 1 saturated carbocycles. The molecule has 8 heteroatoms. The van der Waals surface area contributed by atoms with Crippen molar-refractivity contribution in [2.75, 3.05) is 19.6 Å². The van der Waals surface area contributed by atoms with Gasteiger partial charge in [0.1, 0.15) is 5.60 Å². The molecular weight excluding hydrogens is 295 g/mol. The minimum atomic E-state index is -3.99. The van der Waals surface area contributed by atoms with Gasteiger partial charge in [-0.05, 0) is 38.8 Å². The van der Waals surface area contributed by atoms with Gasteiger partial charge in [0, 0.05) is 18.9 Å². The highest BCUT2D eigenvalue weighted by Gasteiger charge is 2.48. The predicted molar refractivity (Wildman–Crippen MR) is 76.1 cm³/mol. The van der Waals surface area contributed by atoms with Crippen molar-refractivity contribution in [2.45, 2.75) is 55.8 Å². The van der Waals surface area contributed by atoms with Crippen molar-refractivity contribution < 1.29 is 23.9 Å². The van der Waals surface area contributed by atoms with Gasteiger partial charge in [-0.1, -0.05) is 0 Å². The second-order valence-electron chi connectivity index (χ2n) is 6.48. The van der Waals surface area contributed by atoms with E-state index >= 15 is 0 Å². The van der Waals surface area contributed by atoms with E-state index in [4.69, 9.17) is 4.74 Å². The molecule has 3 rings (SSSR count). The molecule has 3 fully saturated rings. The smallest absolute Gasteiger partial charge is 0.410 e. The van der Waals surface area contributed by atoms with Crippen LogP contribution in [-0.4, -0.2) is 57.7 Å².